The number of rotatable bonds is 8. The van der Waals surface area contributed by atoms with Crippen molar-refractivity contribution < 1.29 is 14.6 Å². The molecular formula is C15H25NO3. The molecule has 108 valence electrons. The molecule has 0 aromatic heterocycles. The fourth-order valence-electron chi connectivity index (χ4n) is 2.23. The predicted molar refractivity (Wildman–Crippen MR) is 76.5 cm³/mol. The van der Waals surface area contributed by atoms with Crippen LogP contribution in [0.2, 0.25) is 0 Å². The lowest BCUT2D eigenvalue weighted by molar-refractivity contribution is 0.0572. The van der Waals surface area contributed by atoms with E-state index in [4.69, 9.17) is 9.47 Å². The number of hydrogen-bond donors (Lipinski definition) is 1. The Balaban J connectivity index is 2.73. The van der Waals surface area contributed by atoms with E-state index in [1.165, 1.54) is 0 Å². The smallest absolute Gasteiger partial charge is 0.124 e. The number of ether oxygens (including phenoxy) is 2. The number of para-hydroxylation sites is 1. The summed E-state index contributed by atoms with van der Waals surface area (Å²) in [6, 6.07) is 7.86. The average Bonchev–Trinajstić information content (AvgIpc) is 2.44. The molecule has 2 atom stereocenters. The third-order valence-corrected chi connectivity index (χ3v) is 3.34. The third-order valence-electron chi connectivity index (χ3n) is 3.34. The van der Waals surface area contributed by atoms with Gasteiger partial charge >= 0.3 is 0 Å². The molecule has 0 bridgehead atoms. The van der Waals surface area contributed by atoms with Gasteiger partial charge in [0.2, 0.25) is 0 Å². The van der Waals surface area contributed by atoms with Gasteiger partial charge in [-0.2, -0.15) is 0 Å². The molecule has 4 nitrogen and oxygen atoms in total. The number of aliphatic hydroxyl groups is 1. The summed E-state index contributed by atoms with van der Waals surface area (Å²) in [5.41, 5.74) is 0.827. The van der Waals surface area contributed by atoms with E-state index in [1.54, 1.807) is 14.2 Å². The van der Waals surface area contributed by atoms with Crippen molar-refractivity contribution in [3.8, 4) is 5.75 Å². The molecule has 0 aliphatic rings. The maximum absolute atomic E-state index is 10.4. The SMILES string of the molecule is CCN(CC(O)c1ccccc1OC)C(C)COC. The number of benzene rings is 1. The van der Waals surface area contributed by atoms with Crippen LogP contribution in [0.1, 0.15) is 25.5 Å². The summed E-state index contributed by atoms with van der Waals surface area (Å²) in [4.78, 5) is 2.20. The Kier molecular flexibility index (Phi) is 6.84. The van der Waals surface area contributed by atoms with E-state index in [-0.39, 0.29) is 6.04 Å². The topological polar surface area (TPSA) is 41.9 Å². The number of likely N-dealkylation sites (N-methyl/N-ethyl adjacent to an activating group) is 1. The summed E-state index contributed by atoms with van der Waals surface area (Å²) in [6.45, 7) is 6.29. The highest BCUT2D eigenvalue weighted by Crippen LogP contribution is 2.25. The van der Waals surface area contributed by atoms with Crippen LogP contribution in [0.4, 0.5) is 0 Å². The summed E-state index contributed by atoms with van der Waals surface area (Å²) in [5, 5.41) is 10.4. The van der Waals surface area contributed by atoms with Crippen molar-refractivity contribution >= 4 is 0 Å². The first-order valence-corrected chi connectivity index (χ1v) is 6.68. The second kappa shape index (κ2) is 8.15. The van der Waals surface area contributed by atoms with E-state index >= 15 is 0 Å². The average molecular weight is 267 g/mol. The fourth-order valence-corrected chi connectivity index (χ4v) is 2.23. The molecule has 0 saturated heterocycles. The highest BCUT2D eigenvalue weighted by molar-refractivity contribution is 5.35. The predicted octanol–water partition coefficient (Wildman–Crippen LogP) is 2.09. The highest BCUT2D eigenvalue weighted by Gasteiger charge is 2.19. The molecule has 4 heteroatoms. The second-order valence-corrected chi connectivity index (χ2v) is 4.65. The normalized spacial score (nSPS) is 14.4. The van der Waals surface area contributed by atoms with Gasteiger partial charge in [0.25, 0.3) is 0 Å². The lowest BCUT2D eigenvalue weighted by Crippen LogP contribution is -2.39. The van der Waals surface area contributed by atoms with Gasteiger partial charge in [0, 0.05) is 25.3 Å². The van der Waals surface area contributed by atoms with Crippen molar-refractivity contribution in [2.75, 3.05) is 33.9 Å². The minimum atomic E-state index is -0.560. The summed E-state index contributed by atoms with van der Waals surface area (Å²) in [6.07, 6.45) is -0.560. The van der Waals surface area contributed by atoms with Crippen molar-refractivity contribution in [1.82, 2.24) is 4.90 Å². The van der Waals surface area contributed by atoms with Gasteiger partial charge in [-0.1, -0.05) is 25.1 Å². The van der Waals surface area contributed by atoms with Crippen molar-refractivity contribution in [3.05, 3.63) is 29.8 Å². The van der Waals surface area contributed by atoms with Gasteiger partial charge in [0.05, 0.1) is 19.8 Å². The zero-order valence-electron chi connectivity index (χ0n) is 12.3. The lowest BCUT2D eigenvalue weighted by Gasteiger charge is -2.29. The van der Waals surface area contributed by atoms with Crippen LogP contribution in [0.25, 0.3) is 0 Å². The van der Waals surface area contributed by atoms with E-state index in [2.05, 4.69) is 18.7 Å². The summed E-state index contributed by atoms with van der Waals surface area (Å²) >= 11 is 0. The van der Waals surface area contributed by atoms with Crippen molar-refractivity contribution in [3.63, 3.8) is 0 Å². The van der Waals surface area contributed by atoms with Crippen LogP contribution < -0.4 is 4.74 Å². The Morgan fingerprint density at radius 3 is 2.53 bits per heavy atom. The molecule has 19 heavy (non-hydrogen) atoms. The van der Waals surface area contributed by atoms with Crippen LogP contribution >= 0.6 is 0 Å². The standard InChI is InChI=1S/C15H25NO3/c1-5-16(12(2)11-18-3)10-14(17)13-8-6-7-9-15(13)19-4/h6-9,12,14,17H,5,10-11H2,1-4H3. The molecule has 0 spiro atoms. The van der Waals surface area contributed by atoms with Gasteiger partial charge in [0.15, 0.2) is 0 Å². The van der Waals surface area contributed by atoms with Crippen LogP contribution in [-0.4, -0.2) is 50.0 Å². The Bertz CT molecular complexity index is 370. The fraction of sp³-hybridized carbons (Fsp3) is 0.600. The van der Waals surface area contributed by atoms with E-state index in [0.717, 1.165) is 17.9 Å². The van der Waals surface area contributed by atoms with Gasteiger partial charge in [-0.3, -0.25) is 4.90 Å². The first-order valence-electron chi connectivity index (χ1n) is 6.68. The Morgan fingerprint density at radius 2 is 1.95 bits per heavy atom. The molecule has 0 fully saturated rings. The Labute approximate surface area is 115 Å². The monoisotopic (exact) mass is 267 g/mol. The molecule has 1 rings (SSSR count). The first-order chi connectivity index (χ1) is 9.13. The van der Waals surface area contributed by atoms with E-state index in [0.29, 0.717) is 13.2 Å². The van der Waals surface area contributed by atoms with Crippen LogP contribution in [0.5, 0.6) is 5.75 Å². The highest BCUT2D eigenvalue weighted by atomic mass is 16.5. The number of nitrogens with zero attached hydrogens (tertiary/aromatic N) is 1. The third kappa shape index (κ3) is 4.49. The van der Waals surface area contributed by atoms with Gasteiger partial charge in [-0.05, 0) is 19.5 Å². The van der Waals surface area contributed by atoms with Gasteiger partial charge < -0.3 is 14.6 Å². The van der Waals surface area contributed by atoms with Crippen molar-refractivity contribution in [1.29, 1.82) is 0 Å². The minimum absolute atomic E-state index is 0.277. The maximum Gasteiger partial charge on any atom is 0.124 e. The molecule has 0 amide bonds. The minimum Gasteiger partial charge on any atom is -0.496 e. The zero-order valence-corrected chi connectivity index (χ0v) is 12.3. The van der Waals surface area contributed by atoms with Crippen LogP contribution in [0.3, 0.4) is 0 Å². The molecular weight excluding hydrogens is 242 g/mol. The van der Waals surface area contributed by atoms with Gasteiger partial charge in [-0.25, -0.2) is 0 Å². The molecule has 1 N–H and O–H groups in total. The molecule has 0 aliphatic carbocycles. The largest absolute Gasteiger partial charge is 0.496 e. The van der Waals surface area contributed by atoms with Crippen molar-refractivity contribution in [2.24, 2.45) is 0 Å². The van der Waals surface area contributed by atoms with E-state index in [1.807, 2.05) is 24.3 Å². The van der Waals surface area contributed by atoms with E-state index in [9.17, 15) is 5.11 Å². The summed E-state index contributed by atoms with van der Waals surface area (Å²) in [5.74, 6) is 0.727. The molecule has 0 saturated carbocycles. The first kappa shape index (κ1) is 16.0. The van der Waals surface area contributed by atoms with Crippen LogP contribution in [-0.2, 0) is 4.74 Å². The maximum atomic E-state index is 10.4. The number of aliphatic hydroxyl groups excluding tert-OH is 1. The van der Waals surface area contributed by atoms with Crippen LogP contribution in [0.15, 0.2) is 24.3 Å². The summed E-state index contributed by atoms with van der Waals surface area (Å²) in [7, 11) is 3.32. The zero-order chi connectivity index (χ0) is 14.3. The molecule has 0 aliphatic heterocycles. The molecule has 1 aromatic rings. The van der Waals surface area contributed by atoms with Gasteiger partial charge in [0.1, 0.15) is 5.75 Å². The quantitative estimate of drug-likeness (QED) is 0.783. The Morgan fingerprint density at radius 1 is 1.26 bits per heavy atom. The second-order valence-electron chi connectivity index (χ2n) is 4.65. The van der Waals surface area contributed by atoms with Gasteiger partial charge in [-0.15, -0.1) is 0 Å². The van der Waals surface area contributed by atoms with E-state index < -0.39 is 6.10 Å². The van der Waals surface area contributed by atoms with Crippen LogP contribution in [0, 0.1) is 0 Å². The lowest BCUT2D eigenvalue weighted by atomic mass is 10.1. The molecule has 0 radical (unpaired) electrons. The molecule has 0 heterocycles. The molecule has 1 aromatic carbocycles. The number of methoxy groups -OCH3 is 2. The Hall–Kier alpha value is -1.10. The molecule has 2 unspecified atom stereocenters. The number of hydrogen-bond acceptors (Lipinski definition) is 4. The summed E-state index contributed by atoms with van der Waals surface area (Å²) < 4.78 is 10.5. The van der Waals surface area contributed by atoms with Crippen molar-refractivity contribution in [2.45, 2.75) is 26.0 Å².